The lowest BCUT2D eigenvalue weighted by Crippen LogP contribution is -2.44. The highest BCUT2D eigenvalue weighted by Crippen LogP contribution is 2.49. The summed E-state index contributed by atoms with van der Waals surface area (Å²) in [5, 5.41) is 7.14. The topological polar surface area (TPSA) is 48.9 Å². The third kappa shape index (κ3) is 6.21. The highest BCUT2D eigenvalue weighted by Gasteiger charge is 2.42. The fourth-order valence-corrected chi connectivity index (χ4v) is 4.10. The molecule has 1 saturated carbocycles. The molecule has 2 N–H and O–H groups in total. The average Bonchev–Trinajstić information content (AvgIpc) is 3.38. The van der Waals surface area contributed by atoms with Crippen molar-refractivity contribution in [3.8, 4) is 0 Å². The molecule has 0 aromatic heterocycles. The minimum atomic E-state index is 0.389. The first kappa shape index (κ1) is 21.1. The maximum absolute atomic E-state index is 5.56. The highest BCUT2D eigenvalue weighted by molar-refractivity contribution is 5.80. The second-order valence-electron chi connectivity index (χ2n) is 8.48. The summed E-state index contributed by atoms with van der Waals surface area (Å²) in [7, 11) is 0. The Morgan fingerprint density at radius 1 is 1.25 bits per heavy atom. The maximum Gasteiger partial charge on any atom is 0.191 e. The molecule has 5 heteroatoms. The molecule has 1 saturated heterocycles. The lowest BCUT2D eigenvalue weighted by molar-refractivity contribution is 0.129. The predicted octanol–water partition coefficient (Wildman–Crippen LogP) is 3.41. The Bertz CT molecular complexity index is 614. The number of benzene rings is 1. The van der Waals surface area contributed by atoms with Gasteiger partial charge in [-0.25, -0.2) is 0 Å². The van der Waals surface area contributed by atoms with Crippen LogP contribution in [0.2, 0.25) is 0 Å². The molecule has 2 atom stereocenters. The molecule has 3 rings (SSSR count). The molecule has 28 heavy (non-hydrogen) atoms. The first-order valence-corrected chi connectivity index (χ1v) is 11.0. The van der Waals surface area contributed by atoms with E-state index in [2.05, 4.69) is 66.6 Å². The van der Waals surface area contributed by atoms with Gasteiger partial charge in [-0.05, 0) is 57.4 Å². The lowest BCUT2D eigenvalue weighted by Gasteiger charge is -2.21. The van der Waals surface area contributed by atoms with Crippen LogP contribution >= 0.6 is 0 Å². The van der Waals surface area contributed by atoms with E-state index < -0.39 is 0 Å². The molecule has 5 nitrogen and oxygen atoms in total. The molecule has 0 bridgehead atoms. The molecule has 156 valence electrons. The van der Waals surface area contributed by atoms with Crippen molar-refractivity contribution in [2.75, 3.05) is 32.8 Å². The lowest BCUT2D eigenvalue weighted by atomic mass is 10.0. The van der Waals surface area contributed by atoms with Gasteiger partial charge >= 0.3 is 0 Å². The van der Waals surface area contributed by atoms with Crippen molar-refractivity contribution in [3.63, 3.8) is 0 Å². The maximum atomic E-state index is 5.56. The summed E-state index contributed by atoms with van der Waals surface area (Å²) in [4.78, 5) is 7.51. The summed E-state index contributed by atoms with van der Waals surface area (Å²) in [5.41, 5.74) is 1.78. The average molecular weight is 387 g/mol. The third-order valence-corrected chi connectivity index (χ3v) is 6.13. The van der Waals surface area contributed by atoms with Gasteiger partial charge in [-0.1, -0.05) is 30.3 Å². The van der Waals surface area contributed by atoms with Crippen molar-refractivity contribution in [2.24, 2.45) is 10.4 Å². The SMILES string of the molecule is CCNC(=NCC1(CCOCC)CC1)NC1CC(C)N(Cc2ccccc2)C1. The van der Waals surface area contributed by atoms with Gasteiger partial charge in [0.25, 0.3) is 0 Å². The van der Waals surface area contributed by atoms with Crippen molar-refractivity contribution in [1.29, 1.82) is 0 Å². The number of nitrogens with zero attached hydrogens (tertiary/aromatic N) is 2. The van der Waals surface area contributed by atoms with Crippen LogP contribution in [0, 0.1) is 5.41 Å². The molecule has 2 fully saturated rings. The monoisotopic (exact) mass is 386 g/mol. The second-order valence-corrected chi connectivity index (χ2v) is 8.48. The molecule has 1 aliphatic carbocycles. The van der Waals surface area contributed by atoms with Gasteiger partial charge in [0, 0.05) is 51.5 Å². The minimum Gasteiger partial charge on any atom is -0.382 e. The van der Waals surface area contributed by atoms with Gasteiger partial charge in [0.2, 0.25) is 0 Å². The van der Waals surface area contributed by atoms with E-state index in [1.54, 1.807) is 0 Å². The molecular formula is C23H38N4O. The number of ether oxygens (including phenoxy) is 1. The zero-order valence-corrected chi connectivity index (χ0v) is 17.9. The number of guanidine groups is 1. The summed E-state index contributed by atoms with van der Waals surface area (Å²) >= 11 is 0. The minimum absolute atomic E-state index is 0.389. The van der Waals surface area contributed by atoms with Crippen molar-refractivity contribution in [1.82, 2.24) is 15.5 Å². The van der Waals surface area contributed by atoms with Crippen LogP contribution in [-0.4, -0.2) is 55.8 Å². The Kier molecular flexibility index (Phi) is 7.74. The third-order valence-electron chi connectivity index (χ3n) is 6.13. The molecule has 0 spiro atoms. The van der Waals surface area contributed by atoms with Crippen molar-refractivity contribution < 1.29 is 4.74 Å². The number of rotatable bonds is 10. The molecular weight excluding hydrogens is 348 g/mol. The molecule has 0 amide bonds. The number of hydrogen-bond acceptors (Lipinski definition) is 3. The van der Waals surface area contributed by atoms with E-state index in [9.17, 15) is 0 Å². The Morgan fingerprint density at radius 2 is 2.04 bits per heavy atom. The van der Waals surface area contributed by atoms with E-state index in [1.165, 1.54) is 18.4 Å². The van der Waals surface area contributed by atoms with Crippen LogP contribution in [0.15, 0.2) is 35.3 Å². The summed E-state index contributed by atoms with van der Waals surface area (Å²) in [6, 6.07) is 11.8. The van der Waals surface area contributed by atoms with Crippen LogP contribution in [0.5, 0.6) is 0 Å². The van der Waals surface area contributed by atoms with E-state index in [1.807, 2.05) is 0 Å². The van der Waals surface area contributed by atoms with Gasteiger partial charge < -0.3 is 15.4 Å². The van der Waals surface area contributed by atoms with Crippen LogP contribution in [0.1, 0.15) is 52.0 Å². The quantitative estimate of drug-likeness (QED) is 0.368. The first-order chi connectivity index (χ1) is 13.6. The summed E-state index contributed by atoms with van der Waals surface area (Å²) in [6.07, 6.45) is 4.87. The van der Waals surface area contributed by atoms with Crippen molar-refractivity contribution in [3.05, 3.63) is 35.9 Å². The number of hydrogen-bond donors (Lipinski definition) is 2. The molecule has 2 aliphatic rings. The Morgan fingerprint density at radius 3 is 2.71 bits per heavy atom. The predicted molar refractivity (Wildman–Crippen MR) is 117 cm³/mol. The Hall–Kier alpha value is -1.59. The second kappa shape index (κ2) is 10.3. The van der Waals surface area contributed by atoms with E-state index in [0.717, 1.165) is 58.2 Å². The number of likely N-dealkylation sites (tertiary alicyclic amines) is 1. The number of nitrogens with one attached hydrogen (secondary N) is 2. The van der Waals surface area contributed by atoms with Gasteiger partial charge in [-0.15, -0.1) is 0 Å². The summed E-state index contributed by atoms with van der Waals surface area (Å²) in [6.45, 7) is 12.1. The van der Waals surface area contributed by atoms with Gasteiger partial charge in [0.05, 0.1) is 0 Å². The standard InChI is InChI=1S/C23H38N4O/c1-4-24-22(25-18-23(11-12-23)13-14-28-5-2)26-21-15-19(3)27(17-21)16-20-9-7-6-8-10-20/h6-10,19,21H,4-5,11-18H2,1-3H3,(H2,24,25,26). The highest BCUT2D eigenvalue weighted by atomic mass is 16.5. The zero-order chi connectivity index (χ0) is 19.8. The van der Waals surface area contributed by atoms with Crippen molar-refractivity contribution >= 4 is 5.96 Å². The van der Waals surface area contributed by atoms with Crippen LogP contribution in [0.4, 0.5) is 0 Å². The fraction of sp³-hybridized carbons (Fsp3) is 0.696. The van der Waals surface area contributed by atoms with E-state index in [-0.39, 0.29) is 0 Å². The largest absolute Gasteiger partial charge is 0.382 e. The van der Waals surface area contributed by atoms with E-state index in [4.69, 9.17) is 9.73 Å². The molecule has 1 aromatic rings. The van der Waals surface area contributed by atoms with Crippen LogP contribution < -0.4 is 10.6 Å². The summed E-state index contributed by atoms with van der Waals surface area (Å²) in [5.74, 6) is 0.976. The fourth-order valence-electron chi connectivity index (χ4n) is 4.10. The molecule has 1 aliphatic heterocycles. The van der Waals surface area contributed by atoms with E-state index >= 15 is 0 Å². The molecule has 1 heterocycles. The van der Waals surface area contributed by atoms with Crippen LogP contribution in [0.3, 0.4) is 0 Å². The van der Waals surface area contributed by atoms with Gasteiger partial charge in [0.15, 0.2) is 5.96 Å². The first-order valence-electron chi connectivity index (χ1n) is 11.0. The van der Waals surface area contributed by atoms with Crippen LogP contribution in [0.25, 0.3) is 0 Å². The number of aliphatic imine (C=N–C) groups is 1. The summed E-state index contributed by atoms with van der Waals surface area (Å²) < 4.78 is 5.56. The Balaban J connectivity index is 1.51. The van der Waals surface area contributed by atoms with Gasteiger partial charge in [-0.3, -0.25) is 9.89 Å². The molecule has 1 aromatic carbocycles. The molecule has 0 radical (unpaired) electrons. The Labute approximate surface area is 170 Å². The van der Waals surface area contributed by atoms with E-state index in [0.29, 0.717) is 17.5 Å². The van der Waals surface area contributed by atoms with Gasteiger partial charge in [0.1, 0.15) is 0 Å². The normalized spacial score (nSPS) is 24.3. The van der Waals surface area contributed by atoms with Crippen LogP contribution in [-0.2, 0) is 11.3 Å². The van der Waals surface area contributed by atoms with Crippen molar-refractivity contribution in [2.45, 2.75) is 65.1 Å². The molecule has 2 unspecified atom stereocenters. The zero-order valence-electron chi connectivity index (χ0n) is 17.9. The van der Waals surface area contributed by atoms with Gasteiger partial charge in [-0.2, -0.15) is 0 Å². The smallest absolute Gasteiger partial charge is 0.191 e.